The molecule has 1 aromatic heterocycles. The Hall–Kier alpha value is -2.61. The summed E-state index contributed by atoms with van der Waals surface area (Å²) in [7, 11) is 0. The molecule has 2 rings (SSSR count). The fourth-order valence-corrected chi connectivity index (χ4v) is 1.54. The van der Waals surface area contributed by atoms with Crippen molar-refractivity contribution in [3.05, 3.63) is 57.2 Å². The Morgan fingerprint density at radius 1 is 1.40 bits per heavy atom. The van der Waals surface area contributed by atoms with Gasteiger partial charge < -0.3 is 5.32 Å². The van der Waals surface area contributed by atoms with Gasteiger partial charge in [0.05, 0.1) is 28.9 Å². The summed E-state index contributed by atoms with van der Waals surface area (Å²) in [4.78, 5) is 29.0. The van der Waals surface area contributed by atoms with E-state index in [4.69, 9.17) is 11.6 Å². The van der Waals surface area contributed by atoms with Gasteiger partial charge in [0, 0.05) is 6.07 Å². The van der Waals surface area contributed by atoms with Gasteiger partial charge in [-0.05, 0) is 6.07 Å². The summed E-state index contributed by atoms with van der Waals surface area (Å²) in [6.45, 7) is 0. The average Bonchev–Trinajstić information content (AvgIpc) is 2.38. The highest BCUT2D eigenvalue weighted by molar-refractivity contribution is 6.29. The van der Waals surface area contributed by atoms with Crippen LogP contribution in [-0.4, -0.2) is 20.8 Å². The highest BCUT2D eigenvalue weighted by Gasteiger charge is 2.16. The number of amides is 1. The lowest BCUT2D eigenvalue weighted by atomic mass is 10.2. The topological polar surface area (TPSA) is 98.0 Å². The van der Waals surface area contributed by atoms with Gasteiger partial charge in [0.1, 0.15) is 11.0 Å². The Labute approximate surface area is 116 Å². The summed E-state index contributed by atoms with van der Waals surface area (Å²) in [6, 6.07) is 2.71. The van der Waals surface area contributed by atoms with Gasteiger partial charge in [-0.2, -0.15) is 0 Å². The Kier molecular flexibility index (Phi) is 3.85. The predicted octanol–water partition coefficient (Wildman–Crippen LogP) is 2.43. The molecule has 0 aliphatic carbocycles. The van der Waals surface area contributed by atoms with Gasteiger partial charge in [0.2, 0.25) is 0 Å². The molecular weight excluding hydrogens is 291 g/mol. The molecule has 0 saturated heterocycles. The molecule has 1 N–H and O–H groups in total. The van der Waals surface area contributed by atoms with Crippen molar-refractivity contribution in [2.24, 2.45) is 0 Å². The van der Waals surface area contributed by atoms with Crippen LogP contribution in [0.25, 0.3) is 0 Å². The molecule has 0 atom stereocenters. The van der Waals surface area contributed by atoms with Crippen molar-refractivity contribution in [1.82, 2.24) is 9.97 Å². The molecule has 0 radical (unpaired) electrons. The molecular formula is C11H6ClFN4O3. The Morgan fingerprint density at radius 2 is 2.15 bits per heavy atom. The molecule has 1 heterocycles. The van der Waals surface area contributed by atoms with Crippen molar-refractivity contribution < 1.29 is 14.1 Å². The maximum absolute atomic E-state index is 13.6. The molecule has 1 amide bonds. The van der Waals surface area contributed by atoms with Crippen LogP contribution >= 0.6 is 11.6 Å². The Morgan fingerprint density at radius 3 is 2.75 bits per heavy atom. The number of carbonyl (C=O) groups excluding carboxylic acids is 1. The Bertz CT molecular complexity index is 695. The van der Waals surface area contributed by atoms with E-state index in [9.17, 15) is 19.3 Å². The number of benzene rings is 1. The molecule has 1 aromatic carbocycles. The summed E-state index contributed by atoms with van der Waals surface area (Å²) in [6.07, 6.45) is 2.50. The second kappa shape index (κ2) is 5.57. The highest BCUT2D eigenvalue weighted by Crippen LogP contribution is 2.17. The van der Waals surface area contributed by atoms with Crippen molar-refractivity contribution in [2.75, 3.05) is 5.32 Å². The number of carbonyl (C=O) groups is 1. The van der Waals surface area contributed by atoms with Gasteiger partial charge in [-0.3, -0.25) is 19.9 Å². The van der Waals surface area contributed by atoms with Gasteiger partial charge >= 0.3 is 0 Å². The van der Waals surface area contributed by atoms with Crippen molar-refractivity contribution in [2.45, 2.75) is 0 Å². The Balaban J connectivity index is 2.23. The van der Waals surface area contributed by atoms with E-state index in [2.05, 4.69) is 15.3 Å². The molecule has 0 aliphatic heterocycles. The lowest BCUT2D eigenvalue weighted by molar-refractivity contribution is -0.385. The fraction of sp³-hybridized carbons (Fsp3) is 0. The van der Waals surface area contributed by atoms with Gasteiger partial charge in [-0.25, -0.2) is 9.37 Å². The number of nitrogens with zero attached hydrogens (tertiary/aromatic N) is 3. The van der Waals surface area contributed by atoms with Gasteiger partial charge in [0.25, 0.3) is 11.6 Å². The van der Waals surface area contributed by atoms with Crippen molar-refractivity contribution in [3.63, 3.8) is 0 Å². The quantitative estimate of drug-likeness (QED) is 0.693. The van der Waals surface area contributed by atoms with Crippen LogP contribution in [0, 0.1) is 15.9 Å². The summed E-state index contributed by atoms with van der Waals surface area (Å²) >= 11 is 5.59. The van der Waals surface area contributed by atoms with Crippen LogP contribution in [0.5, 0.6) is 0 Å². The lowest BCUT2D eigenvalue weighted by Crippen LogP contribution is -2.15. The predicted molar refractivity (Wildman–Crippen MR) is 68.0 cm³/mol. The molecule has 0 spiro atoms. The van der Waals surface area contributed by atoms with E-state index in [1.807, 2.05) is 0 Å². The van der Waals surface area contributed by atoms with Gasteiger partial charge in [-0.1, -0.05) is 11.6 Å². The number of anilines is 1. The first kappa shape index (κ1) is 13.8. The minimum atomic E-state index is -1.01. The zero-order valence-electron chi connectivity index (χ0n) is 9.71. The number of rotatable bonds is 3. The first-order chi connectivity index (χ1) is 9.47. The summed E-state index contributed by atoms with van der Waals surface area (Å²) in [5, 5.41) is 12.8. The molecule has 0 aliphatic rings. The van der Waals surface area contributed by atoms with E-state index in [0.29, 0.717) is 6.07 Å². The van der Waals surface area contributed by atoms with Crippen LogP contribution in [0.1, 0.15) is 10.4 Å². The number of halogens is 2. The van der Waals surface area contributed by atoms with Crippen LogP contribution in [0.15, 0.2) is 30.6 Å². The number of nitrogens with one attached hydrogen (secondary N) is 1. The first-order valence-electron chi connectivity index (χ1n) is 5.20. The van der Waals surface area contributed by atoms with E-state index < -0.39 is 22.3 Å². The number of hydrogen-bond donors (Lipinski definition) is 1. The number of aromatic nitrogens is 2. The molecule has 0 bridgehead atoms. The number of non-ortho nitro benzene ring substituents is 1. The number of nitro benzene ring substituents is 1. The van der Waals surface area contributed by atoms with Crippen LogP contribution in [-0.2, 0) is 0 Å². The highest BCUT2D eigenvalue weighted by atomic mass is 35.5. The summed E-state index contributed by atoms with van der Waals surface area (Å²) < 4.78 is 13.6. The summed E-state index contributed by atoms with van der Waals surface area (Å²) in [5.41, 5.74) is -0.793. The molecule has 9 heteroatoms. The second-order valence-corrected chi connectivity index (χ2v) is 3.99. The smallest absolute Gasteiger partial charge is 0.272 e. The zero-order chi connectivity index (χ0) is 14.7. The maximum atomic E-state index is 13.6. The van der Waals surface area contributed by atoms with E-state index >= 15 is 0 Å². The third-order valence-corrected chi connectivity index (χ3v) is 2.44. The number of hydrogen-bond acceptors (Lipinski definition) is 5. The molecule has 20 heavy (non-hydrogen) atoms. The van der Waals surface area contributed by atoms with Gasteiger partial charge in [0.15, 0.2) is 5.82 Å². The third-order valence-electron chi connectivity index (χ3n) is 2.25. The molecule has 0 unspecified atom stereocenters. The largest absolute Gasteiger partial charge is 0.305 e. The van der Waals surface area contributed by atoms with Crippen molar-refractivity contribution in [3.8, 4) is 0 Å². The minimum Gasteiger partial charge on any atom is -0.305 e. The van der Waals surface area contributed by atoms with E-state index in [1.165, 1.54) is 12.4 Å². The van der Waals surface area contributed by atoms with E-state index in [-0.39, 0.29) is 16.5 Å². The molecule has 2 aromatic rings. The average molecular weight is 297 g/mol. The molecule has 102 valence electrons. The maximum Gasteiger partial charge on any atom is 0.272 e. The van der Waals surface area contributed by atoms with Crippen molar-refractivity contribution in [1.29, 1.82) is 0 Å². The lowest BCUT2D eigenvalue weighted by Gasteiger charge is -2.05. The third kappa shape index (κ3) is 3.04. The van der Waals surface area contributed by atoms with E-state index in [1.54, 1.807) is 0 Å². The normalized spacial score (nSPS) is 10.1. The van der Waals surface area contributed by atoms with Crippen LogP contribution in [0.3, 0.4) is 0 Å². The van der Waals surface area contributed by atoms with Crippen LogP contribution in [0.4, 0.5) is 15.9 Å². The SMILES string of the molecule is O=C(Nc1cncc(Cl)n1)c1ccc([N+](=O)[O-])cc1F. The first-order valence-corrected chi connectivity index (χ1v) is 5.58. The van der Waals surface area contributed by atoms with Crippen LogP contribution in [0.2, 0.25) is 5.15 Å². The van der Waals surface area contributed by atoms with Gasteiger partial charge in [-0.15, -0.1) is 0 Å². The van der Waals surface area contributed by atoms with E-state index in [0.717, 1.165) is 12.1 Å². The number of nitro groups is 1. The zero-order valence-corrected chi connectivity index (χ0v) is 10.5. The second-order valence-electron chi connectivity index (χ2n) is 3.60. The molecule has 7 nitrogen and oxygen atoms in total. The summed E-state index contributed by atoms with van der Waals surface area (Å²) in [5.74, 6) is -1.78. The fourth-order valence-electron chi connectivity index (χ4n) is 1.39. The monoisotopic (exact) mass is 296 g/mol. The van der Waals surface area contributed by atoms with Crippen LogP contribution < -0.4 is 5.32 Å². The standard InChI is InChI=1S/C11H6ClFN4O3/c12-9-4-14-5-10(15-9)16-11(18)7-2-1-6(17(19)20)3-8(7)13/h1-5H,(H,15,16,18). The van der Waals surface area contributed by atoms with Crippen molar-refractivity contribution >= 4 is 29.0 Å². The molecule has 0 saturated carbocycles. The molecule has 0 fully saturated rings. The minimum absolute atomic E-state index is 0.0419.